The molecular formula is C15H21N5O3S. The van der Waals surface area contributed by atoms with Gasteiger partial charge in [0.15, 0.2) is 5.03 Å². The number of rotatable bonds is 4. The van der Waals surface area contributed by atoms with Crippen molar-refractivity contribution in [1.82, 2.24) is 23.8 Å². The lowest BCUT2D eigenvalue weighted by Crippen LogP contribution is -2.36. The molecule has 1 atom stereocenters. The lowest BCUT2D eigenvalue weighted by molar-refractivity contribution is 0.122. The molecule has 0 saturated carbocycles. The molecule has 0 radical (unpaired) electrons. The standard InChI is InChI=1S/C15H21N5O3S/c1-12-5-14(17-10-16-12)6-13-7-20(3-4-23-9-13)24(21,22)15-8-19(2)11-18-15/h5,8,10-11,13H,3-4,6-7,9H2,1-2H3. The van der Waals surface area contributed by atoms with Gasteiger partial charge in [-0.1, -0.05) is 0 Å². The predicted octanol–water partition coefficient (Wildman–Crippen LogP) is 0.398. The second kappa shape index (κ2) is 6.96. The molecule has 1 aliphatic rings. The molecular weight excluding hydrogens is 330 g/mol. The molecule has 1 aliphatic heterocycles. The van der Waals surface area contributed by atoms with Gasteiger partial charge in [-0.15, -0.1) is 0 Å². The fourth-order valence-electron chi connectivity index (χ4n) is 2.76. The first kappa shape index (κ1) is 17.0. The molecule has 0 spiro atoms. The predicted molar refractivity (Wildman–Crippen MR) is 86.7 cm³/mol. The van der Waals surface area contributed by atoms with Gasteiger partial charge in [0.1, 0.15) is 6.33 Å². The van der Waals surface area contributed by atoms with Gasteiger partial charge in [-0.05, 0) is 19.4 Å². The fraction of sp³-hybridized carbons (Fsp3) is 0.533. The van der Waals surface area contributed by atoms with E-state index in [0.717, 1.165) is 11.4 Å². The number of imidazole rings is 1. The van der Waals surface area contributed by atoms with Gasteiger partial charge in [-0.2, -0.15) is 4.31 Å². The van der Waals surface area contributed by atoms with Crippen LogP contribution >= 0.6 is 0 Å². The highest BCUT2D eigenvalue weighted by Crippen LogP contribution is 2.19. The largest absolute Gasteiger partial charge is 0.380 e. The van der Waals surface area contributed by atoms with Crippen LogP contribution in [0, 0.1) is 12.8 Å². The van der Waals surface area contributed by atoms with E-state index in [0.29, 0.717) is 32.7 Å². The van der Waals surface area contributed by atoms with Gasteiger partial charge < -0.3 is 9.30 Å². The van der Waals surface area contributed by atoms with Gasteiger partial charge in [0.05, 0.1) is 19.5 Å². The summed E-state index contributed by atoms with van der Waals surface area (Å²) in [6.45, 7) is 3.52. The minimum Gasteiger partial charge on any atom is -0.380 e. The van der Waals surface area contributed by atoms with E-state index in [-0.39, 0.29) is 10.9 Å². The topological polar surface area (TPSA) is 90.2 Å². The first-order valence-electron chi connectivity index (χ1n) is 7.78. The van der Waals surface area contributed by atoms with E-state index in [4.69, 9.17) is 4.74 Å². The number of nitrogens with zero attached hydrogens (tertiary/aromatic N) is 5. The molecule has 8 nitrogen and oxygen atoms in total. The summed E-state index contributed by atoms with van der Waals surface area (Å²) in [5.41, 5.74) is 1.79. The molecule has 130 valence electrons. The van der Waals surface area contributed by atoms with Crippen molar-refractivity contribution in [2.75, 3.05) is 26.3 Å². The van der Waals surface area contributed by atoms with Gasteiger partial charge in [0, 0.05) is 43.6 Å². The molecule has 24 heavy (non-hydrogen) atoms. The smallest absolute Gasteiger partial charge is 0.262 e. The first-order valence-corrected chi connectivity index (χ1v) is 9.22. The van der Waals surface area contributed by atoms with Crippen LogP contribution in [0.1, 0.15) is 11.4 Å². The molecule has 1 fully saturated rings. The lowest BCUT2D eigenvalue weighted by Gasteiger charge is -2.22. The number of hydrogen-bond acceptors (Lipinski definition) is 6. The summed E-state index contributed by atoms with van der Waals surface area (Å²) >= 11 is 0. The van der Waals surface area contributed by atoms with Crippen LogP contribution in [0.2, 0.25) is 0 Å². The Morgan fingerprint density at radius 3 is 2.88 bits per heavy atom. The van der Waals surface area contributed by atoms with Crippen molar-refractivity contribution in [2.45, 2.75) is 18.4 Å². The van der Waals surface area contributed by atoms with Crippen molar-refractivity contribution in [2.24, 2.45) is 13.0 Å². The Labute approximate surface area is 141 Å². The van der Waals surface area contributed by atoms with Crippen LogP contribution in [0.5, 0.6) is 0 Å². The number of sulfonamides is 1. The van der Waals surface area contributed by atoms with Gasteiger partial charge in [-0.25, -0.2) is 23.4 Å². The highest BCUT2D eigenvalue weighted by atomic mass is 32.2. The molecule has 2 aromatic heterocycles. The molecule has 2 aromatic rings. The molecule has 3 heterocycles. The molecule has 0 amide bonds. The highest BCUT2D eigenvalue weighted by molar-refractivity contribution is 7.89. The maximum absolute atomic E-state index is 12.8. The molecule has 0 aromatic carbocycles. The summed E-state index contributed by atoms with van der Waals surface area (Å²) in [5, 5.41) is 0.0727. The van der Waals surface area contributed by atoms with E-state index in [2.05, 4.69) is 15.0 Å². The van der Waals surface area contributed by atoms with Gasteiger partial charge in [-0.3, -0.25) is 0 Å². The SMILES string of the molecule is Cc1cc(CC2COCCN(S(=O)(=O)c3cn(C)cn3)C2)ncn1. The third-order valence-corrected chi connectivity index (χ3v) is 5.69. The number of aromatic nitrogens is 4. The minimum absolute atomic E-state index is 0.0419. The van der Waals surface area contributed by atoms with Gasteiger partial charge in [0.25, 0.3) is 10.0 Å². The monoisotopic (exact) mass is 351 g/mol. The second-order valence-corrected chi connectivity index (χ2v) is 7.92. The molecule has 0 aliphatic carbocycles. The highest BCUT2D eigenvalue weighted by Gasteiger charge is 2.31. The van der Waals surface area contributed by atoms with Crippen molar-refractivity contribution >= 4 is 10.0 Å². The van der Waals surface area contributed by atoms with Crippen molar-refractivity contribution in [1.29, 1.82) is 0 Å². The summed E-state index contributed by atoms with van der Waals surface area (Å²) in [6.07, 6.45) is 5.19. The number of hydrogen-bond donors (Lipinski definition) is 0. The van der Waals surface area contributed by atoms with Crippen LogP contribution in [0.15, 0.2) is 29.9 Å². The Hall–Kier alpha value is -1.84. The van der Waals surface area contributed by atoms with E-state index in [1.54, 1.807) is 11.6 Å². The fourth-order valence-corrected chi connectivity index (χ4v) is 4.23. The summed E-state index contributed by atoms with van der Waals surface area (Å²) < 4.78 is 34.2. The van der Waals surface area contributed by atoms with Crippen molar-refractivity contribution in [3.05, 3.63) is 36.3 Å². The quantitative estimate of drug-likeness (QED) is 0.792. The summed E-state index contributed by atoms with van der Waals surface area (Å²) in [7, 11) is -1.86. The van der Waals surface area contributed by atoms with E-state index in [1.807, 2.05) is 13.0 Å². The molecule has 9 heteroatoms. The zero-order valence-electron chi connectivity index (χ0n) is 13.8. The third kappa shape index (κ3) is 3.80. The Balaban J connectivity index is 1.77. The molecule has 0 N–H and O–H groups in total. The average molecular weight is 351 g/mol. The summed E-state index contributed by atoms with van der Waals surface area (Å²) in [6, 6.07) is 1.92. The average Bonchev–Trinajstić information content (AvgIpc) is 2.83. The van der Waals surface area contributed by atoms with Crippen molar-refractivity contribution in [3.8, 4) is 0 Å². The van der Waals surface area contributed by atoms with Gasteiger partial charge in [0.2, 0.25) is 0 Å². The van der Waals surface area contributed by atoms with Gasteiger partial charge >= 0.3 is 0 Å². The Kier molecular flexibility index (Phi) is 4.93. The molecule has 1 saturated heterocycles. The normalized spacial score (nSPS) is 20.0. The molecule has 1 unspecified atom stereocenters. The summed E-state index contributed by atoms with van der Waals surface area (Å²) in [5.74, 6) is 0.0419. The number of ether oxygens (including phenoxy) is 1. The first-order chi connectivity index (χ1) is 11.4. The van der Waals surface area contributed by atoms with E-state index in [9.17, 15) is 8.42 Å². The van der Waals surface area contributed by atoms with Crippen LogP contribution in [0.25, 0.3) is 0 Å². The summed E-state index contributed by atoms with van der Waals surface area (Å²) in [4.78, 5) is 12.3. The third-order valence-electron chi connectivity index (χ3n) is 3.94. The number of aryl methyl sites for hydroxylation is 2. The molecule has 3 rings (SSSR count). The van der Waals surface area contributed by atoms with E-state index in [1.165, 1.54) is 23.2 Å². The van der Waals surface area contributed by atoms with Crippen molar-refractivity contribution < 1.29 is 13.2 Å². The lowest BCUT2D eigenvalue weighted by atomic mass is 10.0. The Bertz CT molecular complexity index is 805. The van der Waals surface area contributed by atoms with Crippen LogP contribution in [0.3, 0.4) is 0 Å². The molecule has 0 bridgehead atoms. The van der Waals surface area contributed by atoms with Crippen LogP contribution in [-0.2, 0) is 28.2 Å². The Morgan fingerprint density at radius 2 is 2.17 bits per heavy atom. The maximum Gasteiger partial charge on any atom is 0.262 e. The zero-order chi connectivity index (χ0) is 17.2. The Morgan fingerprint density at radius 1 is 1.33 bits per heavy atom. The van der Waals surface area contributed by atoms with Crippen molar-refractivity contribution in [3.63, 3.8) is 0 Å². The van der Waals surface area contributed by atoms with E-state index >= 15 is 0 Å². The van der Waals surface area contributed by atoms with Crippen LogP contribution in [-0.4, -0.2) is 58.5 Å². The van der Waals surface area contributed by atoms with Crippen LogP contribution in [0.4, 0.5) is 0 Å². The maximum atomic E-state index is 12.8. The minimum atomic E-state index is -3.61. The second-order valence-electron chi connectivity index (χ2n) is 6.04. The van der Waals surface area contributed by atoms with Crippen LogP contribution < -0.4 is 0 Å². The zero-order valence-corrected chi connectivity index (χ0v) is 14.6. The van der Waals surface area contributed by atoms with E-state index < -0.39 is 10.0 Å².